The first-order chi connectivity index (χ1) is 9.69. The Balaban J connectivity index is 2.09. The summed E-state index contributed by atoms with van der Waals surface area (Å²) in [5, 5.41) is 15.6. The van der Waals surface area contributed by atoms with Gasteiger partial charge >= 0.3 is 5.97 Å². The van der Waals surface area contributed by atoms with E-state index in [-0.39, 0.29) is 0 Å². The van der Waals surface area contributed by atoms with E-state index in [1.54, 1.807) is 24.3 Å². The third-order valence-corrected chi connectivity index (χ3v) is 2.92. The Morgan fingerprint density at radius 1 is 1.15 bits per heavy atom. The summed E-state index contributed by atoms with van der Waals surface area (Å²) in [5.74, 6) is -0.900. The zero-order valence-electron chi connectivity index (χ0n) is 10.8. The zero-order chi connectivity index (χ0) is 14.4. The van der Waals surface area contributed by atoms with Gasteiger partial charge in [0.1, 0.15) is 6.04 Å². The van der Waals surface area contributed by atoms with Crippen LogP contribution in [-0.4, -0.2) is 17.1 Å². The molecule has 0 heterocycles. The fourth-order valence-corrected chi connectivity index (χ4v) is 1.88. The maximum absolute atomic E-state index is 11.3. The van der Waals surface area contributed by atoms with Crippen LogP contribution in [0.1, 0.15) is 5.56 Å². The molecule has 0 fully saturated rings. The van der Waals surface area contributed by atoms with Crippen LogP contribution < -0.4 is 5.32 Å². The molecule has 0 amide bonds. The van der Waals surface area contributed by atoms with E-state index in [0.717, 1.165) is 5.56 Å². The van der Waals surface area contributed by atoms with E-state index in [0.29, 0.717) is 17.8 Å². The third kappa shape index (κ3) is 3.65. The number of hydrogen-bond donors (Lipinski definition) is 3. The van der Waals surface area contributed by atoms with Gasteiger partial charge in [-0.3, -0.25) is 0 Å². The molecule has 2 rings (SSSR count). The summed E-state index contributed by atoms with van der Waals surface area (Å²) < 4.78 is 0. The molecular weight excluding hydrogens is 254 g/mol. The quantitative estimate of drug-likeness (QED) is 0.702. The van der Waals surface area contributed by atoms with Gasteiger partial charge in [0, 0.05) is 12.1 Å². The Kier molecular flexibility index (Phi) is 4.44. The molecule has 0 saturated heterocycles. The minimum atomic E-state index is -0.900. The molecule has 3 N–H and O–H groups in total. The second kappa shape index (κ2) is 6.47. The average Bonchev–Trinajstić information content (AvgIpc) is 2.48. The second-order valence-corrected chi connectivity index (χ2v) is 4.38. The van der Waals surface area contributed by atoms with Crippen molar-refractivity contribution in [1.82, 2.24) is 0 Å². The largest absolute Gasteiger partial charge is 0.480 e. The van der Waals surface area contributed by atoms with E-state index >= 15 is 0 Å². The lowest BCUT2D eigenvalue weighted by molar-refractivity contribution is -0.137. The number of nitrogens with zero attached hydrogens (tertiary/aromatic N) is 1. The Morgan fingerprint density at radius 2 is 1.80 bits per heavy atom. The highest BCUT2D eigenvalue weighted by Gasteiger charge is 2.17. The summed E-state index contributed by atoms with van der Waals surface area (Å²) in [7, 11) is 0. The molecule has 0 aliphatic rings. The molecule has 0 radical (unpaired) electrons. The summed E-state index contributed by atoms with van der Waals surface area (Å²) in [6.45, 7) is 0. The lowest BCUT2D eigenvalue weighted by atomic mass is 10.1. The SMILES string of the molecule is N=Nc1ccc(N[C@@H](Cc2ccccc2)C(=O)O)cc1. The molecule has 5 heteroatoms. The van der Waals surface area contributed by atoms with Gasteiger partial charge < -0.3 is 10.4 Å². The molecule has 5 nitrogen and oxygen atoms in total. The molecule has 0 aromatic heterocycles. The smallest absolute Gasteiger partial charge is 0.326 e. The Labute approximate surface area is 116 Å². The molecule has 1 atom stereocenters. The van der Waals surface area contributed by atoms with E-state index in [9.17, 15) is 9.90 Å². The molecule has 0 aliphatic heterocycles. The highest BCUT2D eigenvalue weighted by Crippen LogP contribution is 2.17. The zero-order valence-corrected chi connectivity index (χ0v) is 10.8. The summed E-state index contributed by atoms with van der Waals surface area (Å²) in [6.07, 6.45) is 0.404. The second-order valence-electron chi connectivity index (χ2n) is 4.38. The van der Waals surface area contributed by atoms with E-state index < -0.39 is 12.0 Å². The van der Waals surface area contributed by atoms with Crippen molar-refractivity contribution in [2.24, 2.45) is 5.11 Å². The fourth-order valence-electron chi connectivity index (χ4n) is 1.88. The van der Waals surface area contributed by atoms with E-state index in [4.69, 9.17) is 5.53 Å². The molecule has 0 spiro atoms. The monoisotopic (exact) mass is 269 g/mol. The Bertz CT molecular complexity index is 582. The van der Waals surface area contributed by atoms with Gasteiger partial charge in [-0.05, 0) is 29.8 Å². The summed E-state index contributed by atoms with van der Waals surface area (Å²) in [4.78, 5) is 11.3. The van der Waals surface area contributed by atoms with Crippen molar-refractivity contribution in [1.29, 1.82) is 5.53 Å². The number of benzene rings is 2. The topological polar surface area (TPSA) is 85.5 Å². The maximum Gasteiger partial charge on any atom is 0.326 e. The van der Waals surface area contributed by atoms with Crippen LogP contribution >= 0.6 is 0 Å². The number of rotatable bonds is 6. The number of anilines is 1. The van der Waals surface area contributed by atoms with Gasteiger partial charge in [-0.15, -0.1) is 0 Å². The van der Waals surface area contributed by atoms with Crippen molar-refractivity contribution in [3.05, 3.63) is 60.2 Å². The van der Waals surface area contributed by atoms with Crippen LogP contribution in [-0.2, 0) is 11.2 Å². The van der Waals surface area contributed by atoms with Crippen molar-refractivity contribution in [2.45, 2.75) is 12.5 Å². The van der Waals surface area contributed by atoms with Crippen molar-refractivity contribution in [3.63, 3.8) is 0 Å². The van der Waals surface area contributed by atoms with Crippen molar-refractivity contribution in [3.8, 4) is 0 Å². The van der Waals surface area contributed by atoms with Gasteiger partial charge in [0.25, 0.3) is 0 Å². The van der Waals surface area contributed by atoms with Crippen molar-refractivity contribution >= 4 is 17.3 Å². The third-order valence-electron chi connectivity index (χ3n) is 2.92. The molecule has 20 heavy (non-hydrogen) atoms. The lowest BCUT2D eigenvalue weighted by Gasteiger charge is -2.16. The average molecular weight is 269 g/mol. The van der Waals surface area contributed by atoms with Gasteiger partial charge in [-0.1, -0.05) is 30.3 Å². The summed E-state index contributed by atoms with van der Waals surface area (Å²) in [5.41, 5.74) is 9.07. The molecule has 0 unspecified atom stereocenters. The van der Waals surface area contributed by atoms with Gasteiger partial charge in [0.2, 0.25) is 0 Å². The highest BCUT2D eigenvalue weighted by molar-refractivity contribution is 5.77. The van der Waals surface area contributed by atoms with Crippen LogP contribution in [0.4, 0.5) is 11.4 Å². The maximum atomic E-state index is 11.3. The van der Waals surface area contributed by atoms with Gasteiger partial charge in [-0.2, -0.15) is 5.11 Å². The van der Waals surface area contributed by atoms with Crippen LogP contribution in [0, 0.1) is 5.53 Å². The summed E-state index contributed by atoms with van der Waals surface area (Å²) >= 11 is 0. The molecule has 0 aliphatic carbocycles. The molecular formula is C15H15N3O2. The molecule has 2 aromatic carbocycles. The normalized spacial score (nSPS) is 11.6. The Hall–Kier alpha value is -2.69. The number of aliphatic carboxylic acids is 1. The number of carboxylic acid groups (broad SMARTS) is 1. The van der Waals surface area contributed by atoms with E-state index in [1.807, 2.05) is 30.3 Å². The van der Waals surface area contributed by atoms with Crippen LogP contribution in [0.5, 0.6) is 0 Å². The predicted molar refractivity (Wildman–Crippen MR) is 76.4 cm³/mol. The number of hydrogen-bond acceptors (Lipinski definition) is 4. The van der Waals surface area contributed by atoms with Crippen LogP contribution in [0.2, 0.25) is 0 Å². The van der Waals surface area contributed by atoms with E-state index in [2.05, 4.69) is 10.4 Å². The molecule has 0 saturated carbocycles. The number of nitrogens with one attached hydrogen (secondary N) is 2. The lowest BCUT2D eigenvalue weighted by Crippen LogP contribution is -2.31. The van der Waals surface area contributed by atoms with Crippen LogP contribution in [0.15, 0.2) is 59.7 Å². The highest BCUT2D eigenvalue weighted by atomic mass is 16.4. The molecule has 102 valence electrons. The first-order valence-corrected chi connectivity index (χ1v) is 6.20. The Morgan fingerprint density at radius 3 is 2.35 bits per heavy atom. The number of carbonyl (C=O) groups is 1. The fraction of sp³-hybridized carbons (Fsp3) is 0.133. The standard InChI is InChI=1S/C15H15N3O2/c16-18-13-8-6-12(7-9-13)17-14(15(19)20)10-11-4-2-1-3-5-11/h1-9,14,16-17H,10H2,(H,19,20)/t14-/m0/s1. The van der Waals surface area contributed by atoms with Gasteiger partial charge in [-0.25, -0.2) is 10.3 Å². The minimum absolute atomic E-state index is 0.404. The van der Waals surface area contributed by atoms with Gasteiger partial charge in [0.05, 0.1) is 5.69 Å². The first-order valence-electron chi connectivity index (χ1n) is 6.20. The predicted octanol–water partition coefficient (Wildman–Crippen LogP) is 3.46. The van der Waals surface area contributed by atoms with Crippen molar-refractivity contribution in [2.75, 3.05) is 5.32 Å². The first kappa shape index (κ1) is 13.7. The van der Waals surface area contributed by atoms with Crippen LogP contribution in [0.3, 0.4) is 0 Å². The molecule has 2 aromatic rings. The minimum Gasteiger partial charge on any atom is -0.480 e. The van der Waals surface area contributed by atoms with Crippen LogP contribution in [0.25, 0.3) is 0 Å². The number of carboxylic acids is 1. The summed E-state index contributed by atoms with van der Waals surface area (Å²) in [6, 6.07) is 15.5. The van der Waals surface area contributed by atoms with Crippen molar-refractivity contribution < 1.29 is 9.90 Å². The van der Waals surface area contributed by atoms with Gasteiger partial charge in [0.15, 0.2) is 0 Å². The molecule has 0 bridgehead atoms. The van der Waals surface area contributed by atoms with E-state index in [1.165, 1.54) is 0 Å².